The van der Waals surface area contributed by atoms with Gasteiger partial charge in [0.2, 0.25) is 0 Å². The number of benzene rings is 1. The van der Waals surface area contributed by atoms with E-state index in [1.54, 1.807) is 7.05 Å². The van der Waals surface area contributed by atoms with Crippen molar-refractivity contribution in [2.45, 2.75) is 6.54 Å². The Balaban J connectivity index is 2.59. The average molecular weight is 137 g/mol. The maximum atomic E-state index is 10.6. The summed E-state index contributed by atoms with van der Waals surface area (Å²) in [5.74, 6) is 0. The highest BCUT2D eigenvalue weighted by atomic mass is 16.5. The van der Waals surface area contributed by atoms with Crippen LogP contribution in [0.3, 0.4) is 0 Å². The second-order valence-corrected chi connectivity index (χ2v) is 2.36. The van der Waals surface area contributed by atoms with E-state index in [-0.39, 0.29) is 5.06 Å². The molecule has 1 N–H and O–H groups in total. The molecule has 0 heterocycles. The first-order valence-corrected chi connectivity index (χ1v) is 3.32. The number of hydrogen-bond donors (Lipinski definition) is 1. The van der Waals surface area contributed by atoms with E-state index in [1.807, 2.05) is 30.3 Å². The van der Waals surface area contributed by atoms with Crippen molar-refractivity contribution in [2.75, 3.05) is 7.05 Å². The molecule has 1 aromatic carbocycles. The third kappa shape index (κ3) is 2.17. The molecule has 2 heteroatoms. The molecule has 0 aliphatic carbocycles. The van der Waals surface area contributed by atoms with Crippen molar-refractivity contribution in [3.63, 3.8) is 0 Å². The van der Waals surface area contributed by atoms with Crippen LogP contribution < -0.4 is 5.06 Å². The summed E-state index contributed by atoms with van der Waals surface area (Å²) in [4.78, 5) is 0. The minimum absolute atomic E-state index is 0.214. The number of hydrogen-bond acceptors (Lipinski definition) is 1. The predicted molar refractivity (Wildman–Crippen MR) is 40.4 cm³/mol. The molecule has 0 bridgehead atoms. The van der Waals surface area contributed by atoms with Crippen molar-refractivity contribution in [3.8, 4) is 0 Å². The molecule has 0 aliphatic heterocycles. The zero-order valence-corrected chi connectivity index (χ0v) is 6.00. The predicted octanol–water partition coefficient (Wildman–Crippen LogP) is 0.199. The van der Waals surface area contributed by atoms with E-state index in [2.05, 4.69) is 0 Å². The molecule has 1 unspecified atom stereocenters. The van der Waals surface area contributed by atoms with Gasteiger partial charge in [-0.1, -0.05) is 30.3 Å². The minimum atomic E-state index is 0.214. The first kappa shape index (κ1) is 7.25. The first-order chi connectivity index (χ1) is 4.79. The molecule has 0 saturated carbocycles. The molecular weight excluding hydrogens is 126 g/mol. The van der Waals surface area contributed by atoms with Crippen LogP contribution in [0, 0.1) is 5.21 Å². The molecule has 1 aromatic rings. The lowest BCUT2D eigenvalue weighted by molar-refractivity contribution is -0.840. The van der Waals surface area contributed by atoms with Crippen LogP contribution in [-0.4, -0.2) is 7.05 Å². The fourth-order valence-electron chi connectivity index (χ4n) is 0.883. The fourth-order valence-corrected chi connectivity index (χ4v) is 0.883. The molecule has 1 atom stereocenters. The lowest BCUT2D eigenvalue weighted by atomic mass is 10.2. The second-order valence-electron chi connectivity index (χ2n) is 2.36. The summed E-state index contributed by atoms with van der Waals surface area (Å²) in [6.45, 7) is 0.556. The molecule has 0 amide bonds. The summed E-state index contributed by atoms with van der Waals surface area (Å²) in [5, 5.41) is 10.8. The van der Waals surface area contributed by atoms with Gasteiger partial charge in [0.1, 0.15) is 6.54 Å². The number of quaternary nitrogens is 1. The molecule has 10 heavy (non-hydrogen) atoms. The van der Waals surface area contributed by atoms with Gasteiger partial charge in [-0.2, -0.15) is 0 Å². The van der Waals surface area contributed by atoms with E-state index in [0.29, 0.717) is 6.54 Å². The van der Waals surface area contributed by atoms with Crippen LogP contribution in [-0.2, 0) is 6.54 Å². The SMILES string of the molecule is C[NH+]([O-])Cc1ccccc1. The van der Waals surface area contributed by atoms with Gasteiger partial charge in [0.05, 0.1) is 7.05 Å². The van der Waals surface area contributed by atoms with Gasteiger partial charge >= 0.3 is 0 Å². The van der Waals surface area contributed by atoms with E-state index < -0.39 is 0 Å². The molecular formula is C8H11NO. The Bertz CT molecular complexity index is 184. The Hall–Kier alpha value is -0.860. The third-order valence-electron chi connectivity index (χ3n) is 1.30. The van der Waals surface area contributed by atoms with E-state index in [4.69, 9.17) is 0 Å². The first-order valence-electron chi connectivity index (χ1n) is 3.32. The number of rotatable bonds is 2. The molecule has 0 saturated heterocycles. The second kappa shape index (κ2) is 3.34. The fraction of sp³-hybridized carbons (Fsp3) is 0.250. The van der Waals surface area contributed by atoms with E-state index in [9.17, 15) is 5.21 Å². The Morgan fingerprint density at radius 1 is 1.30 bits per heavy atom. The molecule has 0 spiro atoms. The van der Waals surface area contributed by atoms with E-state index in [1.165, 1.54) is 0 Å². The molecule has 0 radical (unpaired) electrons. The smallest absolute Gasteiger partial charge is 0.102 e. The lowest BCUT2D eigenvalue weighted by Gasteiger charge is -2.15. The van der Waals surface area contributed by atoms with E-state index in [0.717, 1.165) is 5.56 Å². The van der Waals surface area contributed by atoms with E-state index >= 15 is 0 Å². The topological polar surface area (TPSA) is 27.5 Å². The van der Waals surface area contributed by atoms with Gasteiger partial charge in [0, 0.05) is 5.56 Å². The van der Waals surface area contributed by atoms with Gasteiger partial charge in [-0.25, -0.2) is 0 Å². The maximum absolute atomic E-state index is 10.6. The van der Waals surface area contributed by atoms with Crippen molar-refractivity contribution in [3.05, 3.63) is 41.1 Å². The van der Waals surface area contributed by atoms with Crippen LogP contribution in [0.5, 0.6) is 0 Å². The molecule has 0 fully saturated rings. The summed E-state index contributed by atoms with van der Waals surface area (Å²) < 4.78 is 0. The summed E-state index contributed by atoms with van der Waals surface area (Å²) in [6, 6.07) is 9.75. The molecule has 0 aromatic heterocycles. The van der Waals surface area contributed by atoms with Gasteiger partial charge in [-0.15, -0.1) is 0 Å². The Morgan fingerprint density at radius 3 is 2.40 bits per heavy atom. The zero-order valence-electron chi connectivity index (χ0n) is 6.00. The van der Waals surface area contributed by atoms with Crippen molar-refractivity contribution in [1.82, 2.24) is 0 Å². The van der Waals surface area contributed by atoms with Crippen molar-refractivity contribution in [2.24, 2.45) is 0 Å². The normalized spacial score (nSPS) is 13.0. The van der Waals surface area contributed by atoms with Gasteiger partial charge in [0.25, 0.3) is 0 Å². The van der Waals surface area contributed by atoms with Crippen LogP contribution in [0.2, 0.25) is 0 Å². The number of hydroxylamine groups is 2. The standard InChI is InChI=1S/C8H11NO/c1-9(10)7-8-5-3-2-4-6-8/h2-6,9H,7H2,1H3. The highest BCUT2D eigenvalue weighted by molar-refractivity contribution is 5.13. The summed E-state index contributed by atoms with van der Waals surface area (Å²) in [5.41, 5.74) is 1.09. The van der Waals surface area contributed by atoms with Crippen molar-refractivity contribution >= 4 is 0 Å². The van der Waals surface area contributed by atoms with Crippen LogP contribution in [0.1, 0.15) is 5.56 Å². The quantitative estimate of drug-likeness (QED) is 0.579. The van der Waals surface area contributed by atoms with Crippen LogP contribution in [0.15, 0.2) is 30.3 Å². The monoisotopic (exact) mass is 137 g/mol. The van der Waals surface area contributed by atoms with Gasteiger partial charge in [-0.05, 0) is 0 Å². The maximum Gasteiger partial charge on any atom is 0.102 e. The molecule has 2 nitrogen and oxygen atoms in total. The van der Waals surface area contributed by atoms with Gasteiger partial charge in [0.15, 0.2) is 0 Å². The number of nitrogens with one attached hydrogen (secondary N) is 1. The molecule has 1 rings (SSSR count). The highest BCUT2D eigenvalue weighted by Gasteiger charge is 1.90. The van der Waals surface area contributed by atoms with Gasteiger partial charge < -0.3 is 10.3 Å². The Labute approximate surface area is 60.7 Å². The highest BCUT2D eigenvalue weighted by Crippen LogP contribution is 1.94. The third-order valence-corrected chi connectivity index (χ3v) is 1.30. The van der Waals surface area contributed by atoms with Crippen LogP contribution >= 0.6 is 0 Å². The minimum Gasteiger partial charge on any atom is -0.634 e. The molecule has 54 valence electrons. The summed E-state index contributed by atoms with van der Waals surface area (Å²) in [7, 11) is 1.60. The Morgan fingerprint density at radius 2 is 1.90 bits per heavy atom. The van der Waals surface area contributed by atoms with Gasteiger partial charge in [-0.3, -0.25) is 0 Å². The summed E-state index contributed by atoms with van der Waals surface area (Å²) >= 11 is 0. The largest absolute Gasteiger partial charge is 0.634 e. The van der Waals surface area contributed by atoms with Crippen molar-refractivity contribution < 1.29 is 5.06 Å². The zero-order chi connectivity index (χ0) is 7.40. The lowest BCUT2D eigenvalue weighted by Crippen LogP contribution is -3.02. The van der Waals surface area contributed by atoms with Crippen LogP contribution in [0.4, 0.5) is 0 Å². The molecule has 0 aliphatic rings. The Kier molecular flexibility index (Phi) is 2.42. The average Bonchev–Trinajstić information content (AvgIpc) is 1.88. The van der Waals surface area contributed by atoms with Crippen molar-refractivity contribution in [1.29, 1.82) is 0 Å². The summed E-state index contributed by atoms with van der Waals surface area (Å²) in [6.07, 6.45) is 0. The van der Waals surface area contributed by atoms with Crippen LogP contribution in [0.25, 0.3) is 0 Å².